The van der Waals surface area contributed by atoms with Gasteiger partial charge in [-0.15, -0.1) is 0 Å². The van der Waals surface area contributed by atoms with Gasteiger partial charge in [-0.2, -0.15) is 9.98 Å². The molecule has 3 amide bonds. The number of hydrogen-bond donors (Lipinski definition) is 1. The second kappa shape index (κ2) is 8.40. The Kier molecular flexibility index (Phi) is 5.97. The van der Waals surface area contributed by atoms with E-state index < -0.39 is 17.9 Å². The molecule has 1 aliphatic rings. The first-order chi connectivity index (χ1) is 13.0. The summed E-state index contributed by atoms with van der Waals surface area (Å²) in [5.41, 5.74) is 1.12. The number of para-hydroxylation sites is 1. The third-order valence-electron chi connectivity index (χ3n) is 3.56. The second-order valence-electron chi connectivity index (χ2n) is 5.49. The van der Waals surface area contributed by atoms with E-state index in [2.05, 4.69) is 20.3 Å². The van der Waals surface area contributed by atoms with Crippen LogP contribution in [0.2, 0.25) is 0 Å². The Balaban J connectivity index is 1.65. The monoisotopic (exact) mass is 404 g/mol. The Morgan fingerprint density at radius 2 is 2.07 bits per heavy atom. The van der Waals surface area contributed by atoms with Gasteiger partial charge in [0.05, 0.1) is 27.6 Å². The van der Waals surface area contributed by atoms with Crippen LogP contribution >= 0.6 is 23.1 Å². The highest BCUT2D eigenvalue weighted by Crippen LogP contribution is 2.26. The Bertz CT molecular complexity index is 934. The van der Waals surface area contributed by atoms with Gasteiger partial charge in [0.2, 0.25) is 5.91 Å². The number of thioether (sulfide) groups is 1. The van der Waals surface area contributed by atoms with Crippen molar-refractivity contribution in [3.63, 3.8) is 0 Å². The number of aromatic nitrogens is 1. The number of rotatable bonds is 5. The van der Waals surface area contributed by atoms with Crippen LogP contribution in [0.5, 0.6) is 0 Å². The summed E-state index contributed by atoms with van der Waals surface area (Å²) in [4.78, 5) is 47.8. The zero-order chi connectivity index (χ0) is 19.4. The summed E-state index contributed by atoms with van der Waals surface area (Å²) in [6, 6.07) is 6.87. The standard InChI is InChI=1S/C17H16N4O4S2/c1-3-25-15(23)13-9(2)18-16(24)21-14(13)26-8-12(22)20-17-19-10-6-4-5-7-11(10)27-17/h4-7,13H,3,8H2,1-2H3,(H,19,20,22). The maximum Gasteiger partial charge on any atom is 0.367 e. The fourth-order valence-corrected chi connectivity index (χ4v) is 4.22. The molecule has 1 aromatic carbocycles. The van der Waals surface area contributed by atoms with Crippen molar-refractivity contribution in [3.05, 3.63) is 24.3 Å². The predicted octanol–water partition coefficient (Wildman–Crippen LogP) is 3.14. The molecular weight excluding hydrogens is 388 g/mol. The number of ether oxygens (including phenoxy) is 1. The molecule has 0 radical (unpaired) electrons. The lowest BCUT2D eigenvalue weighted by molar-refractivity contribution is -0.143. The summed E-state index contributed by atoms with van der Waals surface area (Å²) >= 11 is 2.38. The lowest BCUT2D eigenvalue weighted by atomic mass is 10.1. The van der Waals surface area contributed by atoms with Gasteiger partial charge in [-0.05, 0) is 26.0 Å². The molecule has 2 heterocycles. The van der Waals surface area contributed by atoms with Crippen LogP contribution in [-0.2, 0) is 14.3 Å². The molecule has 1 aromatic heterocycles. The van der Waals surface area contributed by atoms with E-state index in [9.17, 15) is 14.4 Å². The van der Waals surface area contributed by atoms with Crippen molar-refractivity contribution in [2.75, 3.05) is 17.7 Å². The minimum Gasteiger partial charge on any atom is -0.465 e. The SMILES string of the molecule is CCOC(=O)C1C(C)=NC(=O)N=C1SCC(=O)Nc1nc2ccccc2s1. The number of aliphatic imine (C=N–C) groups is 2. The summed E-state index contributed by atoms with van der Waals surface area (Å²) in [6.45, 7) is 3.45. The first-order valence-electron chi connectivity index (χ1n) is 8.10. The van der Waals surface area contributed by atoms with Crippen LogP contribution in [0.1, 0.15) is 13.8 Å². The first kappa shape index (κ1) is 19.2. The third-order valence-corrected chi connectivity index (χ3v) is 5.54. The average molecular weight is 404 g/mol. The van der Waals surface area contributed by atoms with Crippen molar-refractivity contribution in [1.82, 2.24) is 4.98 Å². The van der Waals surface area contributed by atoms with Crippen LogP contribution in [0.3, 0.4) is 0 Å². The van der Waals surface area contributed by atoms with Gasteiger partial charge in [-0.1, -0.05) is 35.2 Å². The molecule has 1 N–H and O–H groups in total. The Labute approximate surface area is 163 Å². The number of nitrogens with one attached hydrogen (secondary N) is 1. The molecule has 27 heavy (non-hydrogen) atoms. The number of amides is 3. The molecule has 1 unspecified atom stereocenters. The Hall–Kier alpha value is -2.59. The van der Waals surface area contributed by atoms with E-state index in [1.165, 1.54) is 11.3 Å². The van der Waals surface area contributed by atoms with Crippen LogP contribution < -0.4 is 5.32 Å². The highest BCUT2D eigenvalue weighted by molar-refractivity contribution is 8.14. The van der Waals surface area contributed by atoms with Gasteiger partial charge in [0.15, 0.2) is 5.13 Å². The van der Waals surface area contributed by atoms with Gasteiger partial charge in [0.25, 0.3) is 0 Å². The summed E-state index contributed by atoms with van der Waals surface area (Å²) in [5.74, 6) is -1.73. The molecule has 8 nitrogen and oxygen atoms in total. The third kappa shape index (κ3) is 4.58. The van der Waals surface area contributed by atoms with Crippen LogP contribution in [0.4, 0.5) is 9.93 Å². The van der Waals surface area contributed by atoms with Gasteiger partial charge in [-0.25, -0.2) is 9.78 Å². The first-order valence-corrected chi connectivity index (χ1v) is 9.90. The molecule has 0 saturated heterocycles. The van der Waals surface area contributed by atoms with Crippen LogP contribution in [0.15, 0.2) is 34.3 Å². The van der Waals surface area contributed by atoms with Crippen LogP contribution in [-0.4, -0.2) is 46.0 Å². The Morgan fingerprint density at radius 3 is 2.81 bits per heavy atom. The van der Waals surface area contributed by atoms with E-state index in [0.29, 0.717) is 10.8 Å². The van der Waals surface area contributed by atoms with Crippen molar-refractivity contribution in [3.8, 4) is 0 Å². The summed E-state index contributed by atoms with van der Waals surface area (Å²) in [7, 11) is 0. The number of benzene rings is 1. The number of fused-ring (bicyclic) bond motifs is 1. The van der Waals surface area contributed by atoms with E-state index in [0.717, 1.165) is 22.0 Å². The number of thiazole rings is 1. The lowest BCUT2D eigenvalue weighted by Crippen LogP contribution is -2.34. The maximum atomic E-state index is 12.2. The van der Waals surface area contributed by atoms with Gasteiger partial charge in [-0.3, -0.25) is 9.59 Å². The van der Waals surface area contributed by atoms with E-state index in [1.54, 1.807) is 13.8 Å². The van der Waals surface area contributed by atoms with Crippen molar-refractivity contribution in [2.24, 2.45) is 15.9 Å². The van der Waals surface area contributed by atoms with Gasteiger partial charge in [0, 0.05) is 5.71 Å². The predicted molar refractivity (Wildman–Crippen MR) is 107 cm³/mol. The fraction of sp³-hybridized carbons (Fsp3) is 0.294. The number of hydrogen-bond acceptors (Lipinski definition) is 7. The molecule has 3 rings (SSSR count). The lowest BCUT2D eigenvalue weighted by Gasteiger charge is -2.19. The normalized spacial score (nSPS) is 16.7. The van der Waals surface area contributed by atoms with Gasteiger partial charge in [0.1, 0.15) is 5.92 Å². The average Bonchev–Trinajstić information content (AvgIpc) is 3.01. The van der Waals surface area contributed by atoms with E-state index in [-0.39, 0.29) is 23.3 Å². The smallest absolute Gasteiger partial charge is 0.367 e. The maximum absolute atomic E-state index is 12.2. The summed E-state index contributed by atoms with van der Waals surface area (Å²) in [5, 5.41) is 3.43. The molecule has 0 spiro atoms. The van der Waals surface area contributed by atoms with Crippen molar-refractivity contribution in [2.45, 2.75) is 13.8 Å². The van der Waals surface area contributed by atoms with E-state index in [4.69, 9.17) is 4.74 Å². The molecule has 1 atom stereocenters. The number of anilines is 1. The largest absolute Gasteiger partial charge is 0.465 e. The molecule has 10 heteroatoms. The molecular formula is C17H16N4O4S2. The quantitative estimate of drug-likeness (QED) is 0.767. The van der Waals surface area contributed by atoms with Gasteiger partial charge >= 0.3 is 12.0 Å². The summed E-state index contributed by atoms with van der Waals surface area (Å²) < 4.78 is 5.99. The molecule has 2 aromatic rings. The highest BCUT2D eigenvalue weighted by atomic mass is 32.2. The van der Waals surface area contributed by atoms with Crippen LogP contribution in [0.25, 0.3) is 10.2 Å². The number of esters is 1. The molecule has 0 saturated carbocycles. The van der Waals surface area contributed by atoms with E-state index in [1.807, 2.05) is 24.3 Å². The molecule has 1 aliphatic heterocycles. The number of carbonyl (C=O) groups excluding carboxylic acids is 3. The zero-order valence-electron chi connectivity index (χ0n) is 14.6. The highest BCUT2D eigenvalue weighted by Gasteiger charge is 2.33. The fourth-order valence-electron chi connectivity index (χ4n) is 2.41. The minimum atomic E-state index is -0.858. The summed E-state index contributed by atoms with van der Waals surface area (Å²) in [6.07, 6.45) is 0. The minimum absolute atomic E-state index is 0.0226. The number of urea groups is 1. The van der Waals surface area contributed by atoms with E-state index >= 15 is 0 Å². The van der Waals surface area contributed by atoms with Crippen molar-refractivity contribution >= 4 is 67.1 Å². The van der Waals surface area contributed by atoms with Crippen LogP contribution in [0, 0.1) is 5.92 Å². The van der Waals surface area contributed by atoms with Gasteiger partial charge < -0.3 is 10.1 Å². The second-order valence-corrected chi connectivity index (χ2v) is 7.52. The van der Waals surface area contributed by atoms with Crippen molar-refractivity contribution < 1.29 is 19.1 Å². The molecule has 0 fully saturated rings. The molecule has 140 valence electrons. The number of carbonyl (C=O) groups is 3. The zero-order valence-corrected chi connectivity index (χ0v) is 16.2. The Morgan fingerprint density at radius 1 is 1.30 bits per heavy atom. The topological polar surface area (TPSA) is 110 Å². The van der Waals surface area contributed by atoms with Crippen molar-refractivity contribution in [1.29, 1.82) is 0 Å². The molecule has 0 aliphatic carbocycles. The number of nitrogens with zero attached hydrogens (tertiary/aromatic N) is 3. The molecule has 0 bridgehead atoms.